The van der Waals surface area contributed by atoms with E-state index in [4.69, 9.17) is 0 Å². The average Bonchev–Trinajstić information content (AvgIpc) is 3.13. The lowest BCUT2D eigenvalue weighted by molar-refractivity contribution is 0.00457. The molecule has 2 aromatic rings. The van der Waals surface area contributed by atoms with E-state index in [-0.39, 0.29) is 0 Å². The third-order valence-electron chi connectivity index (χ3n) is 4.37. The minimum Gasteiger partial charge on any atom is -0.389 e. The summed E-state index contributed by atoms with van der Waals surface area (Å²) in [6.07, 6.45) is 7.60. The van der Waals surface area contributed by atoms with Gasteiger partial charge in [0.1, 0.15) is 0 Å². The number of rotatable bonds is 6. The maximum absolute atomic E-state index is 10.5. The lowest BCUT2D eigenvalue weighted by Crippen LogP contribution is -2.42. The molecule has 0 unspecified atom stereocenters. The first-order valence-corrected chi connectivity index (χ1v) is 8.73. The zero-order valence-electron chi connectivity index (χ0n) is 12.4. The highest BCUT2D eigenvalue weighted by molar-refractivity contribution is 7.09. The fraction of sp³-hybridized carbons (Fsp3) is 0.529. The number of nitrogens with zero attached hydrogens (tertiary/aromatic N) is 1. The van der Waals surface area contributed by atoms with Crippen LogP contribution in [-0.2, 0) is 13.1 Å². The topological polar surface area (TPSA) is 37.2 Å². The van der Waals surface area contributed by atoms with Crippen LogP contribution in [0.15, 0.2) is 35.8 Å². The molecule has 0 saturated heterocycles. The van der Waals surface area contributed by atoms with Crippen LogP contribution in [0.4, 0.5) is 0 Å². The van der Waals surface area contributed by atoms with Gasteiger partial charge in [0, 0.05) is 29.9 Å². The summed E-state index contributed by atoms with van der Waals surface area (Å²) in [6.45, 7) is 2.46. The van der Waals surface area contributed by atoms with Crippen LogP contribution in [0, 0.1) is 0 Å². The SMILES string of the molecule is OC1(CNCc2cccn2Cc2cccs2)CCCCC1. The second-order valence-electron chi connectivity index (χ2n) is 6.10. The highest BCUT2D eigenvalue weighted by Crippen LogP contribution is 2.27. The van der Waals surface area contributed by atoms with Crippen molar-refractivity contribution in [2.75, 3.05) is 6.54 Å². The monoisotopic (exact) mass is 304 g/mol. The molecule has 1 saturated carbocycles. The lowest BCUT2D eigenvalue weighted by Gasteiger charge is -2.32. The van der Waals surface area contributed by atoms with Crippen molar-refractivity contribution in [2.45, 2.75) is 50.8 Å². The van der Waals surface area contributed by atoms with Crippen molar-refractivity contribution in [3.05, 3.63) is 46.4 Å². The Morgan fingerprint density at radius 3 is 2.81 bits per heavy atom. The van der Waals surface area contributed by atoms with Gasteiger partial charge in [-0.05, 0) is 36.4 Å². The van der Waals surface area contributed by atoms with Gasteiger partial charge in [-0.1, -0.05) is 25.3 Å². The van der Waals surface area contributed by atoms with Crippen LogP contribution in [0.2, 0.25) is 0 Å². The molecule has 1 aliphatic carbocycles. The number of hydrogen-bond acceptors (Lipinski definition) is 3. The van der Waals surface area contributed by atoms with Crippen molar-refractivity contribution in [1.82, 2.24) is 9.88 Å². The minimum absolute atomic E-state index is 0.483. The van der Waals surface area contributed by atoms with Crippen LogP contribution in [0.1, 0.15) is 42.7 Å². The summed E-state index contributed by atoms with van der Waals surface area (Å²) in [4.78, 5) is 1.37. The first-order chi connectivity index (χ1) is 10.3. The van der Waals surface area contributed by atoms with E-state index in [0.717, 1.165) is 38.8 Å². The summed E-state index contributed by atoms with van der Waals surface area (Å²) >= 11 is 1.79. The predicted molar refractivity (Wildman–Crippen MR) is 87.6 cm³/mol. The molecule has 0 amide bonds. The van der Waals surface area contributed by atoms with E-state index < -0.39 is 5.60 Å². The molecule has 0 spiro atoms. The summed E-state index contributed by atoms with van der Waals surface area (Å²) < 4.78 is 2.28. The van der Waals surface area contributed by atoms with Crippen molar-refractivity contribution in [1.29, 1.82) is 0 Å². The number of hydrogen-bond donors (Lipinski definition) is 2. The largest absolute Gasteiger partial charge is 0.389 e. The Balaban J connectivity index is 1.52. The molecule has 2 heterocycles. The maximum Gasteiger partial charge on any atom is 0.0771 e. The van der Waals surface area contributed by atoms with Crippen LogP contribution in [0.25, 0.3) is 0 Å². The quantitative estimate of drug-likeness (QED) is 0.858. The van der Waals surface area contributed by atoms with Gasteiger partial charge in [-0.15, -0.1) is 11.3 Å². The fourth-order valence-corrected chi connectivity index (χ4v) is 3.85. The zero-order chi connectivity index (χ0) is 14.5. The Hall–Kier alpha value is -1.10. The predicted octanol–water partition coefficient (Wildman–Crippen LogP) is 3.38. The van der Waals surface area contributed by atoms with Crippen LogP contribution in [0.5, 0.6) is 0 Å². The molecule has 1 fully saturated rings. The number of aliphatic hydroxyl groups is 1. The van der Waals surface area contributed by atoms with Gasteiger partial charge in [0.25, 0.3) is 0 Å². The molecule has 1 aliphatic rings. The normalized spacial score (nSPS) is 18.0. The Labute approximate surface area is 130 Å². The molecule has 0 aromatic carbocycles. The average molecular weight is 304 g/mol. The van der Waals surface area contributed by atoms with Crippen LogP contribution in [-0.4, -0.2) is 21.8 Å². The highest BCUT2D eigenvalue weighted by Gasteiger charge is 2.28. The van der Waals surface area contributed by atoms with E-state index in [2.05, 4.69) is 45.7 Å². The van der Waals surface area contributed by atoms with Crippen LogP contribution >= 0.6 is 11.3 Å². The van der Waals surface area contributed by atoms with Gasteiger partial charge < -0.3 is 15.0 Å². The van der Waals surface area contributed by atoms with Gasteiger partial charge in [0.15, 0.2) is 0 Å². The van der Waals surface area contributed by atoms with Crippen LogP contribution < -0.4 is 5.32 Å². The number of thiophene rings is 1. The second-order valence-corrected chi connectivity index (χ2v) is 7.13. The summed E-state index contributed by atoms with van der Waals surface area (Å²) in [6, 6.07) is 8.53. The van der Waals surface area contributed by atoms with Gasteiger partial charge >= 0.3 is 0 Å². The second kappa shape index (κ2) is 6.77. The van der Waals surface area contributed by atoms with E-state index in [0.29, 0.717) is 6.54 Å². The van der Waals surface area contributed by atoms with E-state index in [1.165, 1.54) is 17.0 Å². The van der Waals surface area contributed by atoms with Gasteiger partial charge in [0.05, 0.1) is 12.1 Å². The molecule has 0 bridgehead atoms. The van der Waals surface area contributed by atoms with E-state index in [1.807, 2.05) is 0 Å². The minimum atomic E-state index is -0.483. The Bertz CT molecular complexity index is 541. The maximum atomic E-state index is 10.5. The molecule has 0 aliphatic heterocycles. The van der Waals surface area contributed by atoms with E-state index in [1.54, 1.807) is 11.3 Å². The lowest BCUT2D eigenvalue weighted by atomic mass is 9.85. The van der Waals surface area contributed by atoms with E-state index >= 15 is 0 Å². The molecule has 3 rings (SSSR count). The molecule has 2 aromatic heterocycles. The van der Waals surface area contributed by atoms with E-state index in [9.17, 15) is 5.11 Å². The molecule has 2 N–H and O–H groups in total. The summed E-state index contributed by atoms with van der Waals surface area (Å²) in [5, 5.41) is 16.1. The molecule has 3 nitrogen and oxygen atoms in total. The standard InChI is InChI=1S/C17H24N2OS/c20-17(8-2-1-3-9-17)14-18-12-15-6-4-10-19(15)13-16-7-5-11-21-16/h4-7,10-11,18,20H,1-3,8-9,12-14H2. The van der Waals surface area contributed by atoms with Crippen molar-refractivity contribution < 1.29 is 5.11 Å². The first kappa shape index (κ1) is 14.8. The van der Waals surface area contributed by atoms with Crippen molar-refractivity contribution in [3.8, 4) is 0 Å². The smallest absolute Gasteiger partial charge is 0.0771 e. The van der Waals surface area contributed by atoms with Gasteiger partial charge in [0.2, 0.25) is 0 Å². The Morgan fingerprint density at radius 1 is 1.19 bits per heavy atom. The number of nitrogens with one attached hydrogen (secondary N) is 1. The van der Waals surface area contributed by atoms with Gasteiger partial charge in [-0.3, -0.25) is 0 Å². The van der Waals surface area contributed by atoms with Crippen LogP contribution in [0.3, 0.4) is 0 Å². The zero-order valence-corrected chi connectivity index (χ0v) is 13.2. The molecular weight excluding hydrogens is 280 g/mol. The molecule has 21 heavy (non-hydrogen) atoms. The third-order valence-corrected chi connectivity index (χ3v) is 5.24. The molecule has 0 atom stereocenters. The Morgan fingerprint density at radius 2 is 2.05 bits per heavy atom. The fourth-order valence-electron chi connectivity index (χ4n) is 3.14. The highest BCUT2D eigenvalue weighted by atomic mass is 32.1. The van der Waals surface area contributed by atoms with Crippen molar-refractivity contribution in [2.24, 2.45) is 0 Å². The molecule has 4 heteroatoms. The Kier molecular flexibility index (Phi) is 4.78. The van der Waals surface area contributed by atoms with Gasteiger partial charge in [-0.2, -0.15) is 0 Å². The summed E-state index contributed by atoms with van der Waals surface area (Å²) in [5.74, 6) is 0. The molecular formula is C17H24N2OS. The summed E-state index contributed by atoms with van der Waals surface area (Å²) in [5.41, 5.74) is 0.798. The third kappa shape index (κ3) is 3.96. The molecule has 0 radical (unpaired) electrons. The summed E-state index contributed by atoms with van der Waals surface area (Å²) in [7, 11) is 0. The van der Waals surface area contributed by atoms with Crippen molar-refractivity contribution in [3.63, 3.8) is 0 Å². The van der Waals surface area contributed by atoms with Gasteiger partial charge in [-0.25, -0.2) is 0 Å². The first-order valence-electron chi connectivity index (χ1n) is 7.85. The number of aromatic nitrogens is 1. The van der Waals surface area contributed by atoms with Crippen molar-refractivity contribution >= 4 is 11.3 Å². The molecule has 114 valence electrons.